The van der Waals surface area contributed by atoms with E-state index in [1.165, 1.54) is 23.5 Å². The summed E-state index contributed by atoms with van der Waals surface area (Å²) in [6, 6.07) is 2.65. The molecule has 27 heavy (non-hydrogen) atoms. The number of aromatic nitrogens is 1. The van der Waals surface area contributed by atoms with Gasteiger partial charge in [0.15, 0.2) is 10.9 Å². The molecule has 1 atom stereocenters. The number of methoxy groups -OCH3 is 1. The number of nitrogens with one attached hydrogen (secondary N) is 1. The summed E-state index contributed by atoms with van der Waals surface area (Å²) in [4.78, 5) is 27.3. The van der Waals surface area contributed by atoms with Crippen LogP contribution in [0.3, 0.4) is 0 Å². The van der Waals surface area contributed by atoms with Gasteiger partial charge in [0.2, 0.25) is 15.9 Å². The van der Waals surface area contributed by atoms with Gasteiger partial charge in [0.1, 0.15) is 5.52 Å². The molecular formula is C15H18N4O6S2. The Balaban J connectivity index is 1.82. The van der Waals surface area contributed by atoms with Gasteiger partial charge in [-0.25, -0.2) is 17.7 Å². The first kappa shape index (κ1) is 19.5. The van der Waals surface area contributed by atoms with Gasteiger partial charge in [0.05, 0.1) is 35.0 Å². The van der Waals surface area contributed by atoms with E-state index in [2.05, 4.69) is 10.3 Å². The number of anilines is 1. The van der Waals surface area contributed by atoms with Gasteiger partial charge in [-0.1, -0.05) is 11.3 Å². The van der Waals surface area contributed by atoms with Crippen LogP contribution in [0.4, 0.5) is 10.8 Å². The Bertz CT molecular complexity index is 1000. The number of non-ortho nitro benzene ring substituents is 1. The van der Waals surface area contributed by atoms with Crippen LogP contribution in [0.25, 0.3) is 10.2 Å². The van der Waals surface area contributed by atoms with Crippen LogP contribution in [-0.4, -0.2) is 55.0 Å². The first-order valence-corrected chi connectivity index (χ1v) is 10.7. The smallest absolute Gasteiger partial charge is 0.274 e. The van der Waals surface area contributed by atoms with Crippen LogP contribution >= 0.6 is 11.3 Å². The largest absolute Gasteiger partial charge is 0.494 e. The minimum absolute atomic E-state index is 0.128. The van der Waals surface area contributed by atoms with Gasteiger partial charge in [-0.2, -0.15) is 0 Å². The van der Waals surface area contributed by atoms with Crippen LogP contribution in [-0.2, 0) is 14.8 Å². The van der Waals surface area contributed by atoms with E-state index in [1.807, 2.05) is 0 Å². The topological polar surface area (TPSA) is 132 Å². The van der Waals surface area contributed by atoms with Crippen LogP contribution in [0.2, 0.25) is 0 Å². The molecule has 146 valence electrons. The van der Waals surface area contributed by atoms with Crippen molar-refractivity contribution in [2.45, 2.75) is 12.8 Å². The van der Waals surface area contributed by atoms with Crippen molar-refractivity contribution in [3.8, 4) is 5.75 Å². The van der Waals surface area contributed by atoms with Crippen LogP contribution in [0.1, 0.15) is 12.8 Å². The number of benzene rings is 1. The fourth-order valence-electron chi connectivity index (χ4n) is 2.96. The number of sulfonamides is 1. The summed E-state index contributed by atoms with van der Waals surface area (Å²) in [7, 11) is -1.96. The monoisotopic (exact) mass is 414 g/mol. The lowest BCUT2D eigenvalue weighted by Gasteiger charge is -2.29. The molecule has 1 aliphatic heterocycles. The molecule has 12 heteroatoms. The number of hydrogen-bond acceptors (Lipinski definition) is 8. The predicted molar refractivity (Wildman–Crippen MR) is 101 cm³/mol. The highest BCUT2D eigenvalue weighted by atomic mass is 32.2. The molecule has 1 aliphatic rings. The summed E-state index contributed by atoms with van der Waals surface area (Å²) >= 11 is 1.10. The van der Waals surface area contributed by atoms with E-state index in [-0.39, 0.29) is 29.0 Å². The summed E-state index contributed by atoms with van der Waals surface area (Å²) in [5.74, 6) is -0.551. The van der Waals surface area contributed by atoms with Crippen molar-refractivity contribution in [3.05, 3.63) is 22.2 Å². The summed E-state index contributed by atoms with van der Waals surface area (Å²) in [5, 5.41) is 14.0. The van der Waals surface area contributed by atoms with E-state index in [9.17, 15) is 23.3 Å². The zero-order valence-electron chi connectivity index (χ0n) is 14.7. The number of nitro groups is 1. The van der Waals surface area contributed by atoms with Crippen molar-refractivity contribution in [2.75, 3.05) is 31.8 Å². The normalized spacial score (nSPS) is 18.4. The SMILES string of the molecule is COc1cc([N+](=O)[O-])cc2sc(NC(=O)C3CCCN(S(C)(=O)=O)C3)nc12. The number of carbonyl (C=O) groups excluding carboxylic acids is 1. The summed E-state index contributed by atoms with van der Waals surface area (Å²) in [6.45, 7) is 0.537. The maximum Gasteiger partial charge on any atom is 0.274 e. The highest BCUT2D eigenvalue weighted by Crippen LogP contribution is 2.36. The standard InChI is InChI=1S/C15H18N4O6S2/c1-25-11-6-10(19(21)22)7-12-13(11)16-15(26-12)17-14(20)9-4-3-5-18(8-9)27(2,23)24/h6-7,9H,3-5,8H2,1-2H3,(H,16,17,20). The van der Waals surface area contributed by atoms with Gasteiger partial charge < -0.3 is 10.1 Å². The average Bonchev–Trinajstić information content (AvgIpc) is 3.02. The Labute approximate surface area is 159 Å². The summed E-state index contributed by atoms with van der Waals surface area (Å²) in [6.07, 6.45) is 2.31. The zero-order valence-corrected chi connectivity index (χ0v) is 16.3. The van der Waals surface area contributed by atoms with E-state index < -0.39 is 20.9 Å². The van der Waals surface area contributed by atoms with E-state index >= 15 is 0 Å². The molecule has 2 aromatic rings. The van der Waals surface area contributed by atoms with Crippen LogP contribution in [0.15, 0.2) is 12.1 Å². The van der Waals surface area contributed by atoms with Crippen LogP contribution in [0, 0.1) is 16.0 Å². The maximum absolute atomic E-state index is 12.5. The fraction of sp³-hybridized carbons (Fsp3) is 0.467. The lowest BCUT2D eigenvalue weighted by Crippen LogP contribution is -2.43. The highest BCUT2D eigenvalue weighted by Gasteiger charge is 2.30. The molecule has 1 fully saturated rings. The number of rotatable bonds is 5. The maximum atomic E-state index is 12.5. The third-order valence-electron chi connectivity index (χ3n) is 4.33. The van der Waals surface area contributed by atoms with Crippen molar-refractivity contribution < 1.29 is 22.9 Å². The second kappa shape index (κ2) is 7.37. The van der Waals surface area contributed by atoms with Crippen molar-refractivity contribution in [1.29, 1.82) is 0 Å². The lowest BCUT2D eigenvalue weighted by atomic mass is 9.99. The number of thiazole rings is 1. The molecular weight excluding hydrogens is 396 g/mol. The molecule has 1 amide bonds. The number of ether oxygens (including phenoxy) is 1. The fourth-order valence-corrected chi connectivity index (χ4v) is 4.80. The molecule has 1 N–H and O–H groups in total. The number of hydrogen-bond donors (Lipinski definition) is 1. The Kier molecular flexibility index (Phi) is 5.31. The van der Waals surface area contributed by atoms with Crippen LogP contribution in [0.5, 0.6) is 5.75 Å². The molecule has 10 nitrogen and oxygen atoms in total. The molecule has 1 saturated heterocycles. The molecule has 0 spiro atoms. The van der Waals surface area contributed by atoms with Gasteiger partial charge in [-0.15, -0.1) is 0 Å². The zero-order chi connectivity index (χ0) is 19.8. The summed E-state index contributed by atoms with van der Waals surface area (Å²) < 4.78 is 30.4. The first-order chi connectivity index (χ1) is 12.7. The van der Waals surface area contributed by atoms with E-state index in [0.29, 0.717) is 29.6 Å². The number of piperidine rings is 1. The lowest BCUT2D eigenvalue weighted by molar-refractivity contribution is -0.384. The number of nitro benzene ring substituents is 1. The Morgan fingerprint density at radius 2 is 2.22 bits per heavy atom. The Hall–Kier alpha value is -2.31. The molecule has 1 aromatic heterocycles. The average molecular weight is 414 g/mol. The Morgan fingerprint density at radius 1 is 1.48 bits per heavy atom. The third kappa shape index (κ3) is 4.17. The van der Waals surface area contributed by atoms with E-state index in [4.69, 9.17) is 4.74 Å². The summed E-state index contributed by atoms with van der Waals surface area (Å²) in [5.41, 5.74) is 0.293. The number of amides is 1. The minimum atomic E-state index is -3.35. The van der Waals surface area contributed by atoms with Crippen LogP contribution < -0.4 is 10.1 Å². The molecule has 1 unspecified atom stereocenters. The predicted octanol–water partition coefficient (Wildman–Crippen LogP) is 1.82. The van der Waals surface area contributed by atoms with Gasteiger partial charge in [0.25, 0.3) is 5.69 Å². The number of nitrogens with zero attached hydrogens (tertiary/aromatic N) is 3. The molecule has 0 radical (unpaired) electrons. The quantitative estimate of drug-likeness (QED) is 0.583. The molecule has 0 aliphatic carbocycles. The molecule has 1 aromatic carbocycles. The second-order valence-corrected chi connectivity index (χ2v) is 9.23. The number of carbonyl (C=O) groups is 1. The molecule has 0 saturated carbocycles. The van der Waals surface area contributed by atoms with E-state index in [1.54, 1.807) is 0 Å². The van der Waals surface area contributed by atoms with Crippen molar-refractivity contribution in [2.24, 2.45) is 5.92 Å². The molecule has 0 bridgehead atoms. The van der Waals surface area contributed by atoms with Gasteiger partial charge in [-0.05, 0) is 12.8 Å². The minimum Gasteiger partial charge on any atom is -0.494 e. The molecule has 3 rings (SSSR count). The van der Waals surface area contributed by atoms with Crippen molar-refractivity contribution >= 4 is 48.3 Å². The van der Waals surface area contributed by atoms with Crippen molar-refractivity contribution in [1.82, 2.24) is 9.29 Å². The van der Waals surface area contributed by atoms with Crippen molar-refractivity contribution in [3.63, 3.8) is 0 Å². The second-order valence-electron chi connectivity index (χ2n) is 6.22. The van der Waals surface area contributed by atoms with Gasteiger partial charge >= 0.3 is 0 Å². The highest BCUT2D eigenvalue weighted by molar-refractivity contribution is 7.88. The van der Waals surface area contributed by atoms with Gasteiger partial charge in [-0.3, -0.25) is 14.9 Å². The third-order valence-corrected chi connectivity index (χ3v) is 6.52. The molecule has 2 heterocycles. The number of fused-ring (bicyclic) bond motifs is 1. The first-order valence-electron chi connectivity index (χ1n) is 8.08. The van der Waals surface area contributed by atoms with E-state index in [0.717, 1.165) is 17.6 Å². The Morgan fingerprint density at radius 3 is 2.85 bits per heavy atom. The van der Waals surface area contributed by atoms with Gasteiger partial charge in [0, 0.05) is 19.2 Å².